The van der Waals surface area contributed by atoms with Gasteiger partial charge in [0.2, 0.25) is 0 Å². The average molecular weight is 447 g/mol. The second-order valence-electron chi connectivity index (χ2n) is 8.91. The van der Waals surface area contributed by atoms with Crippen molar-refractivity contribution in [2.24, 2.45) is 0 Å². The van der Waals surface area contributed by atoms with Crippen molar-refractivity contribution in [1.82, 2.24) is 19.8 Å². The van der Waals surface area contributed by atoms with E-state index in [4.69, 9.17) is 17.0 Å². The van der Waals surface area contributed by atoms with Crippen LogP contribution in [0.5, 0.6) is 0 Å². The first-order chi connectivity index (χ1) is 15.5. The maximum atomic E-state index is 5.98. The van der Waals surface area contributed by atoms with Crippen LogP contribution in [0.3, 0.4) is 0 Å². The van der Waals surface area contributed by atoms with Crippen LogP contribution in [0.25, 0.3) is 5.69 Å². The van der Waals surface area contributed by atoms with Gasteiger partial charge in [-0.15, -0.1) is 0 Å². The van der Waals surface area contributed by atoms with Gasteiger partial charge in [0.05, 0.1) is 23.9 Å². The van der Waals surface area contributed by atoms with Gasteiger partial charge in [-0.25, -0.2) is 0 Å². The zero-order valence-corrected chi connectivity index (χ0v) is 19.7. The minimum Gasteiger partial charge on any atom is -0.376 e. The fourth-order valence-electron chi connectivity index (χ4n) is 5.13. The third kappa shape index (κ3) is 3.82. The number of nitrogens with zero attached hydrogens (tertiary/aromatic N) is 3. The lowest BCUT2D eigenvalue weighted by Crippen LogP contribution is -2.36. The molecule has 0 unspecified atom stereocenters. The van der Waals surface area contributed by atoms with Crippen LogP contribution in [0, 0.1) is 20.8 Å². The van der Waals surface area contributed by atoms with Crippen molar-refractivity contribution in [3.05, 3.63) is 82.9 Å². The van der Waals surface area contributed by atoms with E-state index >= 15 is 0 Å². The summed E-state index contributed by atoms with van der Waals surface area (Å²) in [6.45, 7) is 8.15. The quantitative estimate of drug-likeness (QED) is 0.562. The predicted molar refractivity (Wildman–Crippen MR) is 131 cm³/mol. The maximum Gasteiger partial charge on any atom is 0.170 e. The van der Waals surface area contributed by atoms with Crippen LogP contribution in [0.15, 0.2) is 54.7 Å². The molecule has 4 heterocycles. The second-order valence-corrected chi connectivity index (χ2v) is 9.30. The second kappa shape index (κ2) is 8.68. The third-order valence-corrected chi connectivity index (χ3v) is 7.06. The van der Waals surface area contributed by atoms with Gasteiger partial charge in [0, 0.05) is 36.4 Å². The fraction of sp³-hybridized carbons (Fsp3) is 0.385. The molecular formula is C26H30N4OS. The van der Waals surface area contributed by atoms with Crippen LogP contribution >= 0.6 is 12.2 Å². The zero-order chi connectivity index (χ0) is 22.2. The molecule has 2 aliphatic rings. The highest BCUT2D eigenvalue weighted by molar-refractivity contribution is 7.80. The number of aryl methyl sites for hydroxylation is 2. The van der Waals surface area contributed by atoms with E-state index in [1.54, 1.807) is 0 Å². The summed E-state index contributed by atoms with van der Waals surface area (Å²) >= 11 is 5.84. The Kier molecular flexibility index (Phi) is 5.74. The molecule has 0 radical (unpaired) electrons. The summed E-state index contributed by atoms with van der Waals surface area (Å²) in [5.41, 5.74) is 7.20. The van der Waals surface area contributed by atoms with Gasteiger partial charge in [-0.3, -0.25) is 4.98 Å². The largest absolute Gasteiger partial charge is 0.376 e. The van der Waals surface area contributed by atoms with Crippen LogP contribution in [-0.2, 0) is 4.74 Å². The van der Waals surface area contributed by atoms with Gasteiger partial charge in [-0.1, -0.05) is 23.8 Å². The van der Waals surface area contributed by atoms with Crippen molar-refractivity contribution >= 4 is 17.3 Å². The molecule has 0 bridgehead atoms. The molecular weight excluding hydrogens is 416 g/mol. The minimum atomic E-state index is -0.00271. The van der Waals surface area contributed by atoms with Crippen LogP contribution in [0.4, 0.5) is 0 Å². The molecule has 1 aromatic carbocycles. The van der Waals surface area contributed by atoms with E-state index in [0.717, 1.165) is 36.8 Å². The van der Waals surface area contributed by atoms with Crippen molar-refractivity contribution in [3.63, 3.8) is 0 Å². The standard InChI is InChI=1S/C26H30N4OS/c1-17-9-11-20(12-10-17)30-18(2)15-22(19(30)3)25-24(23-8-4-5-13-27-23)28-26(32)29(25)16-21-7-6-14-31-21/h4-5,8-13,15,21,24-25H,6-7,14,16H2,1-3H3,(H,28,32)/t21-,24-,25+/m0/s1. The van der Waals surface area contributed by atoms with Gasteiger partial charge in [0.25, 0.3) is 0 Å². The van der Waals surface area contributed by atoms with Gasteiger partial charge in [0.15, 0.2) is 5.11 Å². The van der Waals surface area contributed by atoms with Crippen molar-refractivity contribution < 1.29 is 4.74 Å². The molecule has 3 atom stereocenters. The topological polar surface area (TPSA) is 42.3 Å². The van der Waals surface area contributed by atoms with E-state index in [1.807, 2.05) is 18.3 Å². The minimum absolute atomic E-state index is 0.00271. The van der Waals surface area contributed by atoms with Crippen molar-refractivity contribution in [2.45, 2.75) is 51.8 Å². The molecule has 5 rings (SSSR count). The van der Waals surface area contributed by atoms with E-state index in [-0.39, 0.29) is 18.2 Å². The van der Waals surface area contributed by atoms with Gasteiger partial charge in [-0.2, -0.15) is 0 Å². The monoisotopic (exact) mass is 446 g/mol. The van der Waals surface area contributed by atoms with Gasteiger partial charge >= 0.3 is 0 Å². The number of aromatic nitrogens is 2. The van der Waals surface area contributed by atoms with E-state index in [2.05, 4.69) is 76.9 Å². The van der Waals surface area contributed by atoms with Gasteiger partial charge < -0.3 is 19.5 Å². The lowest BCUT2D eigenvalue weighted by molar-refractivity contribution is 0.0842. The molecule has 32 heavy (non-hydrogen) atoms. The highest BCUT2D eigenvalue weighted by Gasteiger charge is 2.42. The Bertz CT molecular complexity index is 1100. The molecule has 2 aromatic heterocycles. The number of rotatable bonds is 5. The van der Waals surface area contributed by atoms with Crippen molar-refractivity contribution in [2.75, 3.05) is 13.2 Å². The summed E-state index contributed by atoms with van der Waals surface area (Å²) in [6.07, 6.45) is 4.28. The first-order valence-electron chi connectivity index (χ1n) is 11.4. The summed E-state index contributed by atoms with van der Waals surface area (Å²) in [5.74, 6) is 0. The van der Waals surface area contributed by atoms with Crippen molar-refractivity contribution in [1.29, 1.82) is 0 Å². The molecule has 2 saturated heterocycles. The lowest BCUT2D eigenvalue weighted by Gasteiger charge is -2.30. The number of hydrogen-bond acceptors (Lipinski definition) is 3. The first kappa shape index (κ1) is 21.2. The van der Waals surface area contributed by atoms with Gasteiger partial charge in [-0.05, 0) is 81.7 Å². The first-order valence-corrected chi connectivity index (χ1v) is 11.8. The number of thiocarbonyl (C=S) groups is 1. The highest BCUT2D eigenvalue weighted by atomic mass is 32.1. The SMILES string of the molecule is Cc1ccc(-n2c(C)cc([C@@H]3[C@H](c4ccccn4)NC(=S)N3C[C@@H]3CCCO3)c2C)cc1. The molecule has 0 saturated carbocycles. The number of pyridine rings is 1. The van der Waals surface area contributed by atoms with Crippen LogP contribution < -0.4 is 5.32 Å². The summed E-state index contributed by atoms with van der Waals surface area (Å²) in [7, 11) is 0. The number of ether oxygens (including phenoxy) is 1. The van der Waals surface area contributed by atoms with Crippen LogP contribution in [0.1, 0.15) is 53.1 Å². The summed E-state index contributed by atoms with van der Waals surface area (Å²) in [6, 6.07) is 17.2. The lowest BCUT2D eigenvalue weighted by atomic mass is 9.96. The molecule has 0 aliphatic carbocycles. The predicted octanol–water partition coefficient (Wildman–Crippen LogP) is 4.95. The molecule has 0 spiro atoms. The van der Waals surface area contributed by atoms with Crippen LogP contribution in [-0.4, -0.2) is 38.8 Å². The molecule has 3 aromatic rings. The van der Waals surface area contributed by atoms with E-state index in [1.165, 1.54) is 28.2 Å². The Morgan fingerprint density at radius 3 is 2.62 bits per heavy atom. The summed E-state index contributed by atoms with van der Waals surface area (Å²) in [5, 5.41) is 4.35. The highest BCUT2D eigenvalue weighted by Crippen LogP contribution is 2.41. The van der Waals surface area contributed by atoms with Crippen molar-refractivity contribution in [3.8, 4) is 5.69 Å². The average Bonchev–Trinajstić information content (AvgIpc) is 3.49. The molecule has 0 amide bonds. The summed E-state index contributed by atoms with van der Waals surface area (Å²) < 4.78 is 8.32. The van der Waals surface area contributed by atoms with Crippen LogP contribution in [0.2, 0.25) is 0 Å². The molecule has 2 aliphatic heterocycles. The Balaban J connectivity index is 1.58. The Morgan fingerprint density at radius 1 is 1.12 bits per heavy atom. The molecule has 6 heteroatoms. The Hall–Kier alpha value is -2.70. The number of nitrogens with one attached hydrogen (secondary N) is 1. The normalized spacial score (nSPS) is 23.0. The number of hydrogen-bond donors (Lipinski definition) is 1. The smallest absolute Gasteiger partial charge is 0.170 e. The zero-order valence-electron chi connectivity index (χ0n) is 18.9. The molecule has 2 fully saturated rings. The van der Waals surface area contributed by atoms with E-state index in [0.29, 0.717) is 0 Å². The molecule has 1 N–H and O–H groups in total. The molecule has 166 valence electrons. The van der Waals surface area contributed by atoms with Gasteiger partial charge in [0.1, 0.15) is 0 Å². The number of benzene rings is 1. The van der Waals surface area contributed by atoms with E-state index in [9.17, 15) is 0 Å². The fourth-order valence-corrected chi connectivity index (χ4v) is 5.44. The Labute approximate surface area is 195 Å². The third-order valence-electron chi connectivity index (χ3n) is 6.70. The van der Waals surface area contributed by atoms with E-state index < -0.39 is 0 Å². The summed E-state index contributed by atoms with van der Waals surface area (Å²) in [4.78, 5) is 7.00. The Morgan fingerprint density at radius 2 is 1.94 bits per heavy atom. The molecule has 5 nitrogen and oxygen atoms in total. The maximum absolute atomic E-state index is 5.98.